The maximum Gasteiger partial charge on any atom is 0.0703 e. The maximum absolute atomic E-state index is 4.23. The number of nitrogens with zero attached hydrogens (tertiary/aromatic N) is 2. The summed E-state index contributed by atoms with van der Waals surface area (Å²) in [4.78, 5) is 2.55. The van der Waals surface area contributed by atoms with Crippen LogP contribution in [0.3, 0.4) is 0 Å². The van der Waals surface area contributed by atoms with Gasteiger partial charge in [-0.3, -0.25) is 10.00 Å². The summed E-state index contributed by atoms with van der Waals surface area (Å²) in [5.74, 6) is 0.844. The Hall–Kier alpha value is -1.17. The fraction of sp³-hybridized carbons (Fsp3) is 0.533. The van der Waals surface area contributed by atoms with Gasteiger partial charge in [-0.2, -0.15) is 16.4 Å². The number of H-pyrrole nitrogens is 1. The summed E-state index contributed by atoms with van der Waals surface area (Å²) in [7, 11) is 2.05. The molecule has 3 rings (SSSR count). The highest BCUT2D eigenvalue weighted by atomic mass is 32.1. The largest absolute Gasteiger partial charge is 0.319 e. The van der Waals surface area contributed by atoms with Crippen LogP contribution in [0.1, 0.15) is 18.4 Å². The predicted octanol–water partition coefficient (Wildman–Crippen LogP) is 2.57. The van der Waals surface area contributed by atoms with Crippen molar-refractivity contribution in [2.45, 2.75) is 19.4 Å². The van der Waals surface area contributed by atoms with Crippen molar-refractivity contribution in [3.63, 3.8) is 0 Å². The van der Waals surface area contributed by atoms with Crippen LogP contribution in [0.5, 0.6) is 0 Å². The zero-order valence-corrected chi connectivity index (χ0v) is 12.7. The van der Waals surface area contributed by atoms with Crippen molar-refractivity contribution in [2.75, 3.05) is 26.7 Å². The molecule has 2 N–H and O–H groups in total. The van der Waals surface area contributed by atoms with Gasteiger partial charge in [-0.05, 0) is 56.9 Å². The Kier molecular flexibility index (Phi) is 4.50. The van der Waals surface area contributed by atoms with Crippen LogP contribution in [0.25, 0.3) is 11.3 Å². The molecule has 3 heterocycles. The first-order chi connectivity index (χ1) is 9.86. The molecule has 5 heteroatoms. The van der Waals surface area contributed by atoms with E-state index in [1.165, 1.54) is 42.8 Å². The van der Waals surface area contributed by atoms with Gasteiger partial charge in [-0.15, -0.1) is 0 Å². The van der Waals surface area contributed by atoms with Crippen LogP contribution in [0.2, 0.25) is 0 Å². The average Bonchev–Trinajstić information content (AvgIpc) is 3.12. The van der Waals surface area contributed by atoms with Gasteiger partial charge in [0.25, 0.3) is 0 Å². The summed E-state index contributed by atoms with van der Waals surface area (Å²) in [6.07, 6.45) is 4.58. The van der Waals surface area contributed by atoms with E-state index in [1.807, 2.05) is 13.2 Å². The Labute approximate surface area is 124 Å². The highest BCUT2D eigenvalue weighted by molar-refractivity contribution is 7.08. The fourth-order valence-electron chi connectivity index (χ4n) is 2.97. The molecule has 1 aliphatic heterocycles. The van der Waals surface area contributed by atoms with E-state index in [0.29, 0.717) is 0 Å². The molecule has 0 unspecified atom stereocenters. The van der Waals surface area contributed by atoms with E-state index in [9.17, 15) is 0 Å². The molecule has 0 bridgehead atoms. The van der Waals surface area contributed by atoms with Crippen LogP contribution in [-0.2, 0) is 6.54 Å². The van der Waals surface area contributed by atoms with Crippen LogP contribution in [0, 0.1) is 5.92 Å². The van der Waals surface area contributed by atoms with E-state index in [0.717, 1.165) is 19.0 Å². The minimum atomic E-state index is 0.844. The molecule has 0 atom stereocenters. The standard InChI is InChI=1S/C15H22N4S/c1-16-8-12-2-5-19(6-3-12)10-14-9-17-18-15(14)13-4-7-20-11-13/h4,7,9,11-12,16H,2-3,5-6,8,10H2,1H3,(H,17,18). The number of aromatic amines is 1. The smallest absolute Gasteiger partial charge is 0.0703 e. The van der Waals surface area contributed by atoms with E-state index in [2.05, 4.69) is 37.2 Å². The number of likely N-dealkylation sites (tertiary alicyclic amines) is 1. The van der Waals surface area contributed by atoms with Gasteiger partial charge < -0.3 is 5.32 Å². The summed E-state index contributed by atoms with van der Waals surface area (Å²) in [5.41, 5.74) is 3.76. The highest BCUT2D eigenvalue weighted by Gasteiger charge is 2.20. The summed E-state index contributed by atoms with van der Waals surface area (Å²) in [6.45, 7) is 4.55. The van der Waals surface area contributed by atoms with Crippen molar-refractivity contribution in [2.24, 2.45) is 5.92 Å². The summed E-state index contributed by atoms with van der Waals surface area (Å²) in [5, 5.41) is 15.0. The molecule has 0 aliphatic carbocycles. The topological polar surface area (TPSA) is 44.0 Å². The third-order valence-corrected chi connectivity index (χ3v) is 4.80. The molecule has 1 fully saturated rings. The van der Waals surface area contributed by atoms with Crippen molar-refractivity contribution >= 4 is 11.3 Å². The van der Waals surface area contributed by atoms with Crippen LogP contribution < -0.4 is 5.32 Å². The van der Waals surface area contributed by atoms with Crippen molar-refractivity contribution in [3.8, 4) is 11.3 Å². The second kappa shape index (κ2) is 6.52. The van der Waals surface area contributed by atoms with Gasteiger partial charge >= 0.3 is 0 Å². The number of aromatic nitrogens is 2. The van der Waals surface area contributed by atoms with E-state index < -0.39 is 0 Å². The Morgan fingerprint density at radius 2 is 2.30 bits per heavy atom. The molecule has 108 valence electrons. The van der Waals surface area contributed by atoms with Crippen LogP contribution >= 0.6 is 11.3 Å². The summed E-state index contributed by atoms with van der Waals surface area (Å²) >= 11 is 1.73. The molecule has 0 spiro atoms. The third-order valence-electron chi connectivity index (χ3n) is 4.12. The molecule has 1 saturated heterocycles. The zero-order valence-electron chi connectivity index (χ0n) is 11.9. The van der Waals surface area contributed by atoms with Crippen molar-refractivity contribution in [3.05, 3.63) is 28.6 Å². The molecule has 2 aromatic heterocycles. The molecule has 2 aromatic rings. The second-order valence-electron chi connectivity index (χ2n) is 5.56. The van der Waals surface area contributed by atoms with Crippen molar-refractivity contribution in [1.29, 1.82) is 0 Å². The first-order valence-corrected chi connectivity index (χ1v) is 8.23. The molecule has 20 heavy (non-hydrogen) atoms. The fourth-order valence-corrected chi connectivity index (χ4v) is 3.61. The third kappa shape index (κ3) is 3.11. The molecular formula is C15H22N4S. The van der Waals surface area contributed by atoms with Gasteiger partial charge in [0.1, 0.15) is 0 Å². The summed E-state index contributed by atoms with van der Waals surface area (Å²) in [6, 6.07) is 2.15. The highest BCUT2D eigenvalue weighted by Crippen LogP contribution is 2.26. The number of nitrogens with one attached hydrogen (secondary N) is 2. The Morgan fingerprint density at radius 1 is 1.45 bits per heavy atom. The van der Waals surface area contributed by atoms with Crippen LogP contribution in [0.15, 0.2) is 23.0 Å². The number of rotatable bonds is 5. The normalized spacial score (nSPS) is 17.6. The van der Waals surface area contributed by atoms with Gasteiger partial charge in [0, 0.05) is 23.1 Å². The Balaban J connectivity index is 1.61. The average molecular weight is 290 g/mol. The van der Waals surface area contributed by atoms with Crippen molar-refractivity contribution in [1.82, 2.24) is 20.4 Å². The van der Waals surface area contributed by atoms with Gasteiger partial charge in [-0.25, -0.2) is 0 Å². The maximum atomic E-state index is 4.23. The molecular weight excluding hydrogens is 268 g/mol. The first-order valence-electron chi connectivity index (χ1n) is 7.28. The van der Waals surface area contributed by atoms with Crippen LogP contribution in [0.4, 0.5) is 0 Å². The Bertz CT molecular complexity index is 512. The van der Waals surface area contributed by atoms with E-state index in [1.54, 1.807) is 11.3 Å². The quantitative estimate of drug-likeness (QED) is 0.889. The lowest BCUT2D eigenvalue weighted by Gasteiger charge is -2.31. The molecule has 4 nitrogen and oxygen atoms in total. The van der Waals surface area contributed by atoms with E-state index in [4.69, 9.17) is 0 Å². The van der Waals surface area contributed by atoms with Gasteiger partial charge in [0.2, 0.25) is 0 Å². The van der Waals surface area contributed by atoms with Crippen molar-refractivity contribution < 1.29 is 0 Å². The number of piperidine rings is 1. The van der Waals surface area contributed by atoms with Gasteiger partial charge in [0.15, 0.2) is 0 Å². The number of hydrogen-bond acceptors (Lipinski definition) is 4. The number of thiophene rings is 1. The molecule has 0 aromatic carbocycles. The number of hydrogen-bond donors (Lipinski definition) is 2. The van der Waals surface area contributed by atoms with Crippen LogP contribution in [-0.4, -0.2) is 41.8 Å². The first kappa shape index (κ1) is 13.8. The molecule has 0 amide bonds. The lowest BCUT2D eigenvalue weighted by atomic mass is 9.96. The lowest BCUT2D eigenvalue weighted by molar-refractivity contribution is 0.177. The zero-order chi connectivity index (χ0) is 13.8. The molecule has 0 radical (unpaired) electrons. The van der Waals surface area contributed by atoms with Gasteiger partial charge in [0.05, 0.1) is 11.9 Å². The SMILES string of the molecule is CNCC1CCN(Cc2cn[nH]c2-c2ccsc2)CC1. The molecule has 1 aliphatic rings. The monoisotopic (exact) mass is 290 g/mol. The minimum Gasteiger partial charge on any atom is -0.319 e. The molecule has 0 saturated carbocycles. The minimum absolute atomic E-state index is 0.844. The predicted molar refractivity (Wildman–Crippen MR) is 83.8 cm³/mol. The second-order valence-corrected chi connectivity index (χ2v) is 6.34. The van der Waals surface area contributed by atoms with E-state index in [-0.39, 0.29) is 0 Å². The van der Waals surface area contributed by atoms with Gasteiger partial charge in [-0.1, -0.05) is 0 Å². The summed E-state index contributed by atoms with van der Waals surface area (Å²) < 4.78 is 0. The Morgan fingerprint density at radius 3 is 3.00 bits per heavy atom. The lowest BCUT2D eigenvalue weighted by Crippen LogP contribution is -2.36. The van der Waals surface area contributed by atoms with E-state index >= 15 is 0 Å².